The zero-order valence-electron chi connectivity index (χ0n) is 10.3. The molecule has 0 bridgehead atoms. The molecule has 5 heteroatoms. The van der Waals surface area contributed by atoms with Gasteiger partial charge >= 0.3 is 6.03 Å². The highest BCUT2D eigenvalue weighted by Crippen LogP contribution is 2.25. The Hall–Kier alpha value is -1.52. The van der Waals surface area contributed by atoms with E-state index in [-0.39, 0.29) is 0 Å². The van der Waals surface area contributed by atoms with Crippen molar-refractivity contribution in [2.45, 2.75) is 45.4 Å². The van der Waals surface area contributed by atoms with E-state index >= 15 is 0 Å². The summed E-state index contributed by atoms with van der Waals surface area (Å²) in [6.07, 6.45) is 6.42. The maximum atomic E-state index is 11.4. The predicted octanol–water partition coefficient (Wildman–Crippen LogP) is 1.90. The van der Waals surface area contributed by atoms with Gasteiger partial charge in [-0.1, -0.05) is 13.3 Å². The summed E-state index contributed by atoms with van der Waals surface area (Å²) in [5.41, 5.74) is 7.58. The molecule has 5 nitrogen and oxygen atoms in total. The molecule has 3 N–H and O–H groups in total. The van der Waals surface area contributed by atoms with E-state index in [1.807, 2.05) is 0 Å². The first-order valence-electron chi connectivity index (χ1n) is 6.38. The number of amides is 1. The molecule has 2 heterocycles. The average Bonchev–Trinajstić information content (AvgIpc) is 2.49. The Balaban J connectivity index is 2.35. The van der Waals surface area contributed by atoms with E-state index in [2.05, 4.69) is 17.3 Å². The Morgan fingerprint density at radius 3 is 3.06 bits per heavy atom. The number of hydrogen-bond donors (Lipinski definition) is 2. The van der Waals surface area contributed by atoms with Crippen LogP contribution in [0.5, 0.6) is 0 Å². The molecule has 1 aromatic rings. The third-order valence-corrected chi connectivity index (χ3v) is 3.19. The van der Waals surface area contributed by atoms with Crippen LogP contribution >= 0.6 is 0 Å². The highest BCUT2D eigenvalue weighted by Gasteiger charge is 2.21. The summed E-state index contributed by atoms with van der Waals surface area (Å²) in [7, 11) is 0. The summed E-state index contributed by atoms with van der Waals surface area (Å²) in [4.78, 5) is 11.4. The third-order valence-electron chi connectivity index (χ3n) is 3.19. The van der Waals surface area contributed by atoms with Gasteiger partial charge in [-0.05, 0) is 32.1 Å². The summed E-state index contributed by atoms with van der Waals surface area (Å²) >= 11 is 0. The highest BCUT2D eigenvalue weighted by molar-refractivity contribution is 5.79. The van der Waals surface area contributed by atoms with Gasteiger partial charge in [0.25, 0.3) is 0 Å². The summed E-state index contributed by atoms with van der Waals surface area (Å²) < 4.78 is 1.33. The molecule has 1 amide bonds. The summed E-state index contributed by atoms with van der Waals surface area (Å²) in [5, 5.41) is 7.62. The van der Waals surface area contributed by atoms with Gasteiger partial charge in [0, 0.05) is 12.1 Å². The molecule has 17 heavy (non-hydrogen) atoms. The SMILES string of the molecule is CCCCc1nn(C(N)=O)c2c1CCCCN2. The number of anilines is 1. The highest BCUT2D eigenvalue weighted by atomic mass is 16.2. The minimum absolute atomic E-state index is 0.501. The normalized spacial score (nSPS) is 14.9. The van der Waals surface area contributed by atoms with E-state index in [1.54, 1.807) is 0 Å². The van der Waals surface area contributed by atoms with Crippen molar-refractivity contribution in [1.29, 1.82) is 0 Å². The van der Waals surface area contributed by atoms with Crippen LogP contribution in [0, 0.1) is 0 Å². The second-order valence-electron chi connectivity index (χ2n) is 4.51. The molecule has 0 fully saturated rings. The topological polar surface area (TPSA) is 72.9 Å². The number of carbonyl (C=O) groups is 1. The van der Waals surface area contributed by atoms with Crippen LogP contribution in [-0.4, -0.2) is 22.4 Å². The average molecular weight is 236 g/mol. The van der Waals surface area contributed by atoms with Crippen molar-refractivity contribution in [3.05, 3.63) is 11.3 Å². The van der Waals surface area contributed by atoms with E-state index < -0.39 is 6.03 Å². The van der Waals surface area contributed by atoms with Gasteiger partial charge in [-0.2, -0.15) is 9.78 Å². The molecule has 0 spiro atoms. The van der Waals surface area contributed by atoms with Gasteiger partial charge in [-0.15, -0.1) is 0 Å². The Morgan fingerprint density at radius 2 is 2.35 bits per heavy atom. The van der Waals surface area contributed by atoms with Crippen LogP contribution in [0.25, 0.3) is 0 Å². The lowest BCUT2D eigenvalue weighted by molar-refractivity contribution is 0.248. The van der Waals surface area contributed by atoms with E-state index in [0.29, 0.717) is 0 Å². The molecule has 0 saturated carbocycles. The third kappa shape index (κ3) is 2.43. The van der Waals surface area contributed by atoms with Gasteiger partial charge in [0.1, 0.15) is 5.82 Å². The van der Waals surface area contributed by atoms with Crippen molar-refractivity contribution in [3.63, 3.8) is 0 Å². The van der Waals surface area contributed by atoms with E-state index in [1.165, 1.54) is 10.2 Å². The first kappa shape index (κ1) is 12.0. The number of primary amides is 1. The molecule has 1 aromatic heterocycles. The number of carbonyl (C=O) groups excluding carboxylic acids is 1. The maximum absolute atomic E-state index is 11.4. The molecule has 1 aliphatic rings. The molecule has 94 valence electrons. The Labute approximate surface area is 101 Å². The monoisotopic (exact) mass is 236 g/mol. The van der Waals surface area contributed by atoms with E-state index in [0.717, 1.165) is 56.6 Å². The van der Waals surface area contributed by atoms with Crippen LogP contribution in [0.15, 0.2) is 0 Å². The van der Waals surface area contributed by atoms with Crippen molar-refractivity contribution in [2.75, 3.05) is 11.9 Å². The van der Waals surface area contributed by atoms with Crippen LogP contribution < -0.4 is 11.1 Å². The lowest BCUT2D eigenvalue weighted by Gasteiger charge is -2.04. The number of hydrogen-bond acceptors (Lipinski definition) is 3. The maximum Gasteiger partial charge on any atom is 0.341 e. The van der Waals surface area contributed by atoms with E-state index in [4.69, 9.17) is 5.73 Å². The van der Waals surface area contributed by atoms with Crippen molar-refractivity contribution in [3.8, 4) is 0 Å². The predicted molar refractivity (Wildman–Crippen MR) is 67.2 cm³/mol. The zero-order valence-corrected chi connectivity index (χ0v) is 10.3. The van der Waals surface area contributed by atoms with Crippen LogP contribution in [0.4, 0.5) is 10.6 Å². The molecule has 0 atom stereocenters. The summed E-state index contributed by atoms with van der Waals surface area (Å²) in [6.45, 7) is 3.04. The van der Waals surface area contributed by atoms with Gasteiger partial charge in [0.05, 0.1) is 5.69 Å². The fraction of sp³-hybridized carbons (Fsp3) is 0.667. The number of nitrogens with one attached hydrogen (secondary N) is 1. The van der Waals surface area contributed by atoms with Gasteiger partial charge in [-0.25, -0.2) is 4.79 Å². The second-order valence-corrected chi connectivity index (χ2v) is 4.51. The zero-order chi connectivity index (χ0) is 12.3. The number of unbranched alkanes of at least 4 members (excludes halogenated alkanes) is 1. The molecule has 0 unspecified atom stereocenters. The standard InChI is InChI=1S/C12H20N4O/c1-2-3-7-10-9-6-4-5-8-14-11(9)16(15-10)12(13)17/h14H,2-8H2,1H3,(H2,13,17). The van der Waals surface area contributed by atoms with Crippen molar-refractivity contribution in [2.24, 2.45) is 5.73 Å². The van der Waals surface area contributed by atoms with Gasteiger partial charge in [0.2, 0.25) is 0 Å². The van der Waals surface area contributed by atoms with Gasteiger partial charge < -0.3 is 11.1 Å². The Morgan fingerprint density at radius 1 is 1.53 bits per heavy atom. The first-order chi connectivity index (χ1) is 8.24. The fourth-order valence-electron chi connectivity index (χ4n) is 2.28. The molecule has 1 aliphatic heterocycles. The number of rotatable bonds is 3. The minimum atomic E-state index is -0.501. The molecule has 0 aliphatic carbocycles. The summed E-state index contributed by atoms with van der Waals surface area (Å²) in [6, 6.07) is -0.501. The number of aryl methyl sites for hydroxylation is 1. The summed E-state index contributed by atoms with van der Waals surface area (Å²) in [5.74, 6) is 0.820. The first-order valence-corrected chi connectivity index (χ1v) is 6.38. The number of fused-ring (bicyclic) bond motifs is 1. The number of nitrogens with zero attached hydrogens (tertiary/aromatic N) is 2. The molecule has 0 radical (unpaired) electrons. The largest absolute Gasteiger partial charge is 0.370 e. The van der Waals surface area contributed by atoms with Crippen LogP contribution in [0.3, 0.4) is 0 Å². The van der Waals surface area contributed by atoms with Crippen molar-refractivity contribution >= 4 is 11.8 Å². The number of nitrogens with two attached hydrogens (primary N) is 1. The second kappa shape index (κ2) is 5.21. The van der Waals surface area contributed by atoms with Gasteiger partial charge in [0.15, 0.2) is 0 Å². The smallest absolute Gasteiger partial charge is 0.341 e. The lowest BCUT2D eigenvalue weighted by atomic mass is 10.1. The minimum Gasteiger partial charge on any atom is -0.370 e. The Bertz CT molecular complexity index is 411. The molecular weight excluding hydrogens is 216 g/mol. The molecule has 0 aromatic carbocycles. The van der Waals surface area contributed by atoms with Crippen molar-refractivity contribution < 1.29 is 4.79 Å². The quantitative estimate of drug-likeness (QED) is 0.841. The molecule has 0 saturated heterocycles. The molecular formula is C12H20N4O. The van der Waals surface area contributed by atoms with Crippen molar-refractivity contribution in [1.82, 2.24) is 9.78 Å². The lowest BCUT2D eigenvalue weighted by Crippen LogP contribution is -2.23. The van der Waals surface area contributed by atoms with Gasteiger partial charge in [-0.3, -0.25) is 0 Å². The molecule has 2 rings (SSSR count). The van der Waals surface area contributed by atoms with E-state index in [9.17, 15) is 4.79 Å². The number of aromatic nitrogens is 2. The van der Waals surface area contributed by atoms with Crippen LogP contribution in [0.1, 0.15) is 43.9 Å². The van der Waals surface area contributed by atoms with Crippen LogP contribution in [-0.2, 0) is 12.8 Å². The fourth-order valence-corrected chi connectivity index (χ4v) is 2.28. The van der Waals surface area contributed by atoms with Crippen LogP contribution in [0.2, 0.25) is 0 Å². The Kier molecular flexibility index (Phi) is 3.66.